The maximum atomic E-state index is 12.8. The highest BCUT2D eigenvalue weighted by atomic mass is 16.4. The molecule has 0 atom stereocenters. The van der Waals surface area contributed by atoms with Gasteiger partial charge in [-0.05, 0) is 44.0 Å². The summed E-state index contributed by atoms with van der Waals surface area (Å²) >= 11 is 0. The maximum Gasteiger partial charge on any atom is 0.302 e. The summed E-state index contributed by atoms with van der Waals surface area (Å²) in [5.74, 6) is 1.33. The van der Waals surface area contributed by atoms with Gasteiger partial charge in [-0.3, -0.25) is 10.1 Å². The summed E-state index contributed by atoms with van der Waals surface area (Å²) in [6.45, 7) is 11.3. The monoisotopic (exact) mass is 512 g/mol. The van der Waals surface area contributed by atoms with Gasteiger partial charge in [-0.1, -0.05) is 42.8 Å². The van der Waals surface area contributed by atoms with Crippen LogP contribution in [0.1, 0.15) is 40.0 Å². The number of piperazine rings is 1. The molecule has 38 heavy (non-hydrogen) atoms. The van der Waals surface area contributed by atoms with Gasteiger partial charge in [0.05, 0.1) is 6.20 Å². The predicted molar refractivity (Wildman–Crippen MR) is 148 cm³/mol. The minimum Gasteiger partial charge on any atom is -0.418 e. The molecular formula is C28H32N8O2. The Morgan fingerprint density at radius 1 is 0.947 bits per heavy atom. The third-order valence-corrected chi connectivity index (χ3v) is 6.53. The first kappa shape index (κ1) is 25.2. The van der Waals surface area contributed by atoms with Crippen LogP contribution in [0, 0.1) is 20.8 Å². The van der Waals surface area contributed by atoms with Crippen molar-refractivity contribution in [2.45, 2.75) is 34.1 Å². The Bertz CT molecular complexity index is 1410. The minimum atomic E-state index is -0.373. The number of amides is 1. The van der Waals surface area contributed by atoms with Crippen molar-refractivity contribution in [1.29, 1.82) is 0 Å². The topological polar surface area (TPSA) is 112 Å². The Morgan fingerprint density at radius 2 is 1.63 bits per heavy atom. The lowest BCUT2D eigenvalue weighted by Gasteiger charge is -2.36. The van der Waals surface area contributed by atoms with Crippen LogP contribution in [-0.2, 0) is 6.42 Å². The van der Waals surface area contributed by atoms with Crippen LogP contribution < -0.4 is 20.4 Å². The summed E-state index contributed by atoms with van der Waals surface area (Å²) in [5, 5.41) is 5.94. The van der Waals surface area contributed by atoms with Crippen molar-refractivity contribution >= 4 is 35.2 Å². The molecule has 0 unspecified atom stereocenters. The number of nitrogens with zero attached hydrogens (tertiary/aromatic N) is 6. The molecule has 10 nitrogen and oxygen atoms in total. The molecule has 1 aliphatic rings. The zero-order valence-corrected chi connectivity index (χ0v) is 22.2. The molecule has 2 N–H and O–H groups in total. The number of carbonyl (C=O) groups is 1. The molecule has 5 rings (SSSR count). The summed E-state index contributed by atoms with van der Waals surface area (Å²) in [5.41, 5.74) is 5.11. The van der Waals surface area contributed by atoms with E-state index in [-0.39, 0.29) is 17.7 Å². The molecule has 0 aliphatic carbocycles. The van der Waals surface area contributed by atoms with Gasteiger partial charge in [-0.15, -0.1) is 0 Å². The van der Waals surface area contributed by atoms with Gasteiger partial charge < -0.3 is 19.5 Å². The molecule has 196 valence electrons. The first-order valence-corrected chi connectivity index (χ1v) is 12.8. The van der Waals surface area contributed by atoms with Crippen molar-refractivity contribution in [2.24, 2.45) is 0 Å². The Labute approximate surface area is 222 Å². The van der Waals surface area contributed by atoms with E-state index in [1.807, 2.05) is 45.9 Å². The standard InChI is InChI=1S/C28H32N8O2/c1-5-23-30-26(33-27(31-23)36-13-11-35(12-14-36)21-9-7-6-8-10-21)34-28-29-17-22(38-28)25(37)32-24-19(3)15-18(2)16-20(24)4/h6-10,15-17H,5,11-14H2,1-4H3,(H,32,37)(H,29,30,31,33,34). The van der Waals surface area contributed by atoms with Crippen LogP contribution in [0.3, 0.4) is 0 Å². The van der Waals surface area contributed by atoms with E-state index in [0.717, 1.165) is 48.6 Å². The first-order valence-electron chi connectivity index (χ1n) is 12.8. The molecular weight excluding hydrogens is 480 g/mol. The van der Waals surface area contributed by atoms with E-state index in [9.17, 15) is 4.79 Å². The van der Waals surface area contributed by atoms with Gasteiger partial charge >= 0.3 is 6.01 Å². The number of anilines is 5. The highest BCUT2D eigenvalue weighted by molar-refractivity contribution is 6.03. The molecule has 0 spiro atoms. The van der Waals surface area contributed by atoms with Crippen molar-refractivity contribution in [2.75, 3.05) is 46.6 Å². The number of hydrogen-bond donors (Lipinski definition) is 2. The van der Waals surface area contributed by atoms with Crippen molar-refractivity contribution in [3.8, 4) is 0 Å². The van der Waals surface area contributed by atoms with E-state index < -0.39 is 0 Å². The number of carbonyl (C=O) groups excluding carboxylic acids is 1. The Kier molecular flexibility index (Phi) is 7.21. The lowest BCUT2D eigenvalue weighted by Crippen LogP contribution is -2.47. The summed E-state index contributed by atoms with van der Waals surface area (Å²) < 4.78 is 5.69. The van der Waals surface area contributed by atoms with Crippen LogP contribution in [0.25, 0.3) is 0 Å². The van der Waals surface area contributed by atoms with Gasteiger partial charge in [0.1, 0.15) is 5.82 Å². The van der Waals surface area contributed by atoms with Crippen LogP contribution in [0.2, 0.25) is 0 Å². The normalized spacial score (nSPS) is 13.5. The molecule has 2 aromatic heterocycles. The fourth-order valence-electron chi connectivity index (χ4n) is 4.65. The van der Waals surface area contributed by atoms with Gasteiger partial charge in [0.2, 0.25) is 17.7 Å². The van der Waals surface area contributed by atoms with E-state index in [4.69, 9.17) is 4.42 Å². The fraction of sp³-hybridized carbons (Fsp3) is 0.321. The minimum absolute atomic E-state index is 0.0916. The number of rotatable bonds is 7. The summed E-state index contributed by atoms with van der Waals surface area (Å²) in [7, 11) is 0. The number of benzene rings is 2. The predicted octanol–water partition coefficient (Wildman–Crippen LogP) is 4.67. The van der Waals surface area contributed by atoms with Gasteiger partial charge in [0.15, 0.2) is 0 Å². The Balaban J connectivity index is 1.27. The number of hydrogen-bond acceptors (Lipinski definition) is 9. The largest absolute Gasteiger partial charge is 0.418 e. The van der Waals surface area contributed by atoms with Crippen LogP contribution in [0.4, 0.5) is 29.3 Å². The molecule has 0 saturated carbocycles. The smallest absolute Gasteiger partial charge is 0.302 e. The van der Waals surface area contributed by atoms with Crippen LogP contribution in [0.5, 0.6) is 0 Å². The third-order valence-electron chi connectivity index (χ3n) is 6.53. The van der Waals surface area contributed by atoms with Crippen molar-refractivity contribution in [1.82, 2.24) is 19.9 Å². The zero-order valence-electron chi connectivity index (χ0n) is 22.2. The molecule has 1 aliphatic heterocycles. The lowest BCUT2D eigenvalue weighted by atomic mass is 10.1. The third kappa shape index (κ3) is 5.59. The summed E-state index contributed by atoms with van der Waals surface area (Å²) in [6, 6.07) is 14.6. The molecule has 0 radical (unpaired) electrons. The molecule has 1 saturated heterocycles. The Morgan fingerprint density at radius 3 is 2.32 bits per heavy atom. The van der Waals surface area contributed by atoms with Gasteiger partial charge in [-0.2, -0.15) is 15.0 Å². The van der Waals surface area contributed by atoms with E-state index in [1.165, 1.54) is 11.9 Å². The second kappa shape index (κ2) is 10.9. The molecule has 0 bridgehead atoms. The molecule has 1 fully saturated rings. The zero-order chi connectivity index (χ0) is 26.6. The molecule has 1 amide bonds. The van der Waals surface area contributed by atoms with Crippen molar-refractivity contribution in [3.63, 3.8) is 0 Å². The van der Waals surface area contributed by atoms with E-state index in [2.05, 4.69) is 64.6 Å². The van der Waals surface area contributed by atoms with Crippen LogP contribution in [0.15, 0.2) is 53.1 Å². The number of oxazole rings is 1. The van der Waals surface area contributed by atoms with Crippen molar-refractivity contribution in [3.05, 3.63) is 76.9 Å². The van der Waals surface area contributed by atoms with Crippen LogP contribution in [-0.4, -0.2) is 52.0 Å². The highest BCUT2D eigenvalue weighted by Gasteiger charge is 2.21. The lowest BCUT2D eigenvalue weighted by molar-refractivity contribution is 0.0997. The summed E-state index contributed by atoms with van der Waals surface area (Å²) in [4.78, 5) is 35.3. The van der Waals surface area contributed by atoms with E-state index in [0.29, 0.717) is 24.1 Å². The SMILES string of the molecule is CCc1nc(Nc2ncc(C(=O)Nc3c(C)cc(C)cc3C)o2)nc(N2CCN(c3ccccc3)CC2)n1. The van der Waals surface area contributed by atoms with Gasteiger partial charge in [-0.25, -0.2) is 4.98 Å². The van der Waals surface area contributed by atoms with Crippen LogP contribution >= 0.6 is 0 Å². The molecule has 10 heteroatoms. The average Bonchev–Trinajstić information content (AvgIpc) is 3.39. The second-order valence-corrected chi connectivity index (χ2v) is 9.42. The maximum absolute atomic E-state index is 12.8. The average molecular weight is 513 g/mol. The molecule has 3 heterocycles. The number of aryl methyl sites for hydroxylation is 4. The van der Waals surface area contributed by atoms with Gasteiger partial charge in [0, 0.05) is 44.0 Å². The van der Waals surface area contributed by atoms with E-state index >= 15 is 0 Å². The van der Waals surface area contributed by atoms with E-state index in [1.54, 1.807) is 0 Å². The second-order valence-electron chi connectivity index (χ2n) is 9.42. The Hall–Kier alpha value is -4.47. The first-order chi connectivity index (χ1) is 18.4. The quantitative estimate of drug-likeness (QED) is 0.365. The number of aromatic nitrogens is 4. The van der Waals surface area contributed by atoms with Gasteiger partial charge in [0.25, 0.3) is 5.91 Å². The molecule has 4 aromatic rings. The summed E-state index contributed by atoms with van der Waals surface area (Å²) in [6.07, 6.45) is 2.05. The van der Waals surface area contributed by atoms with Crippen molar-refractivity contribution < 1.29 is 9.21 Å². The highest BCUT2D eigenvalue weighted by Crippen LogP contribution is 2.24. The number of nitrogens with one attached hydrogen (secondary N) is 2. The molecule has 2 aromatic carbocycles. The number of para-hydroxylation sites is 1. The fourth-order valence-corrected chi connectivity index (χ4v) is 4.65.